The standard InChI is InChI=1S/C14H13N5O2/c15-14(4-1-5-14)13-17-12(21-19-13)10-8-11(20-18-10)9-2-6-16-7-3-9/h2-3,6-8H,1,4-5,15H2. The van der Waals surface area contributed by atoms with E-state index in [-0.39, 0.29) is 0 Å². The second-order valence-electron chi connectivity index (χ2n) is 5.25. The third-order valence-electron chi connectivity index (χ3n) is 3.81. The van der Waals surface area contributed by atoms with Crippen LogP contribution in [-0.2, 0) is 5.54 Å². The molecule has 3 aromatic rings. The zero-order valence-electron chi connectivity index (χ0n) is 11.2. The van der Waals surface area contributed by atoms with Crippen LogP contribution in [0.2, 0.25) is 0 Å². The van der Waals surface area contributed by atoms with E-state index in [1.807, 2.05) is 12.1 Å². The fraction of sp³-hybridized carbons (Fsp3) is 0.286. The first kappa shape index (κ1) is 12.2. The summed E-state index contributed by atoms with van der Waals surface area (Å²) in [5.41, 5.74) is 7.12. The molecule has 4 rings (SSSR count). The van der Waals surface area contributed by atoms with E-state index in [1.54, 1.807) is 18.5 Å². The van der Waals surface area contributed by atoms with Gasteiger partial charge in [-0.25, -0.2) is 0 Å². The Hall–Kier alpha value is -2.54. The zero-order chi connectivity index (χ0) is 14.3. The van der Waals surface area contributed by atoms with E-state index in [0.29, 0.717) is 23.2 Å². The van der Waals surface area contributed by atoms with Gasteiger partial charge in [0, 0.05) is 24.0 Å². The van der Waals surface area contributed by atoms with Crippen LogP contribution >= 0.6 is 0 Å². The van der Waals surface area contributed by atoms with Gasteiger partial charge in [0.05, 0.1) is 5.54 Å². The zero-order valence-corrected chi connectivity index (χ0v) is 11.2. The van der Waals surface area contributed by atoms with Gasteiger partial charge < -0.3 is 14.8 Å². The summed E-state index contributed by atoms with van der Waals surface area (Å²) in [6.07, 6.45) is 6.24. The van der Waals surface area contributed by atoms with Crippen LogP contribution in [0.3, 0.4) is 0 Å². The normalized spacial score (nSPS) is 16.6. The molecule has 1 fully saturated rings. The molecule has 1 aliphatic rings. The van der Waals surface area contributed by atoms with E-state index in [1.165, 1.54) is 0 Å². The fourth-order valence-electron chi connectivity index (χ4n) is 2.34. The van der Waals surface area contributed by atoms with Crippen LogP contribution in [0.15, 0.2) is 39.6 Å². The SMILES string of the molecule is NC1(c2noc(-c3cc(-c4ccncc4)on3)n2)CCC1. The van der Waals surface area contributed by atoms with E-state index in [4.69, 9.17) is 14.8 Å². The van der Waals surface area contributed by atoms with Crippen LogP contribution in [0, 0.1) is 0 Å². The van der Waals surface area contributed by atoms with E-state index < -0.39 is 5.54 Å². The summed E-state index contributed by atoms with van der Waals surface area (Å²) < 4.78 is 10.5. The summed E-state index contributed by atoms with van der Waals surface area (Å²) in [7, 11) is 0. The number of rotatable bonds is 3. The maximum Gasteiger partial charge on any atom is 0.280 e. The van der Waals surface area contributed by atoms with Gasteiger partial charge in [-0.05, 0) is 31.4 Å². The minimum atomic E-state index is -0.445. The van der Waals surface area contributed by atoms with Crippen molar-refractivity contribution in [3.63, 3.8) is 0 Å². The molecule has 0 atom stereocenters. The molecule has 3 aromatic heterocycles. The molecule has 0 bridgehead atoms. The molecule has 0 aliphatic heterocycles. The Morgan fingerprint density at radius 1 is 1.10 bits per heavy atom. The van der Waals surface area contributed by atoms with Gasteiger partial charge >= 0.3 is 0 Å². The van der Waals surface area contributed by atoms with Crippen molar-refractivity contribution in [1.82, 2.24) is 20.3 Å². The molecule has 1 saturated carbocycles. The lowest BCUT2D eigenvalue weighted by Gasteiger charge is -2.34. The Morgan fingerprint density at radius 3 is 2.62 bits per heavy atom. The van der Waals surface area contributed by atoms with Crippen LogP contribution in [-0.4, -0.2) is 20.3 Å². The molecule has 2 N–H and O–H groups in total. The summed E-state index contributed by atoms with van der Waals surface area (Å²) in [6, 6.07) is 5.44. The topological polar surface area (TPSA) is 104 Å². The van der Waals surface area contributed by atoms with E-state index in [9.17, 15) is 0 Å². The van der Waals surface area contributed by atoms with Gasteiger partial charge in [-0.3, -0.25) is 4.98 Å². The average molecular weight is 283 g/mol. The van der Waals surface area contributed by atoms with Gasteiger partial charge in [0.15, 0.2) is 17.3 Å². The van der Waals surface area contributed by atoms with E-state index in [2.05, 4.69) is 20.3 Å². The lowest BCUT2D eigenvalue weighted by Crippen LogP contribution is -2.44. The highest BCUT2D eigenvalue weighted by atomic mass is 16.5. The van der Waals surface area contributed by atoms with Crippen molar-refractivity contribution in [2.24, 2.45) is 5.73 Å². The van der Waals surface area contributed by atoms with Crippen LogP contribution in [0.25, 0.3) is 22.9 Å². The predicted molar refractivity (Wildman–Crippen MR) is 72.7 cm³/mol. The van der Waals surface area contributed by atoms with Crippen LogP contribution in [0.5, 0.6) is 0 Å². The predicted octanol–water partition coefficient (Wildman–Crippen LogP) is 2.12. The number of hydrogen-bond donors (Lipinski definition) is 1. The fourth-order valence-corrected chi connectivity index (χ4v) is 2.34. The van der Waals surface area contributed by atoms with Gasteiger partial charge in [0.1, 0.15) is 0 Å². The smallest absolute Gasteiger partial charge is 0.280 e. The Bertz CT molecular complexity index is 761. The van der Waals surface area contributed by atoms with Crippen molar-refractivity contribution in [3.05, 3.63) is 36.4 Å². The molecular weight excluding hydrogens is 270 g/mol. The first-order valence-corrected chi connectivity index (χ1v) is 6.75. The lowest BCUT2D eigenvalue weighted by atomic mass is 9.77. The molecule has 0 spiro atoms. The first-order valence-electron chi connectivity index (χ1n) is 6.75. The van der Waals surface area contributed by atoms with Crippen molar-refractivity contribution in [2.75, 3.05) is 0 Å². The quantitative estimate of drug-likeness (QED) is 0.785. The molecule has 0 radical (unpaired) electrons. The maximum atomic E-state index is 6.18. The van der Waals surface area contributed by atoms with Gasteiger partial charge in [0.25, 0.3) is 5.89 Å². The largest absolute Gasteiger partial charge is 0.355 e. The summed E-state index contributed by atoms with van der Waals surface area (Å²) >= 11 is 0. The highest BCUT2D eigenvalue weighted by Crippen LogP contribution is 2.37. The van der Waals surface area contributed by atoms with Gasteiger partial charge in [0.2, 0.25) is 0 Å². The summed E-state index contributed by atoms with van der Waals surface area (Å²) in [6.45, 7) is 0. The highest BCUT2D eigenvalue weighted by Gasteiger charge is 2.39. The minimum absolute atomic E-state index is 0.325. The highest BCUT2D eigenvalue weighted by molar-refractivity contribution is 5.61. The molecule has 0 aromatic carbocycles. The van der Waals surface area contributed by atoms with Gasteiger partial charge in [-0.15, -0.1) is 0 Å². The van der Waals surface area contributed by atoms with Crippen molar-refractivity contribution in [2.45, 2.75) is 24.8 Å². The second kappa shape index (κ2) is 4.49. The molecular formula is C14H13N5O2. The Kier molecular flexibility index (Phi) is 2.61. The number of pyridine rings is 1. The lowest BCUT2D eigenvalue weighted by molar-refractivity contribution is 0.229. The van der Waals surface area contributed by atoms with Crippen LogP contribution in [0.4, 0.5) is 0 Å². The van der Waals surface area contributed by atoms with Crippen molar-refractivity contribution < 1.29 is 9.05 Å². The van der Waals surface area contributed by atoms with E-state index in [0.717, 1.165) is 24.8 Å². The maximum absolute atomic E-state index is 6.18. The molecule has 1 aliphatic carbocycles. The number of nitrogens with zero attached hydrogens (tertiary/aromatic N) is 4. The van der Waals surface area contributed by atoms with Crippen molar-refractivity contribution in [1.29, 1.82) is 0 Å². The monoisotopic (exact) mass is 283 g/mol. The average Bonchev–Trinajstić information content (AvgIpc) is 3.14. The minimum Gasteiger partial charge on any atom is -0.355 e. The molecule has 7 nitrogen and oxygen atoms in total. The number of hydrogen-bond acceptors (Lipinski definition) is 7. The molecule has 106 valence electrons. The third kappa shape index (κ3) is 2.02. The molecule has 0 amide bonds. The first-order chi connectivity index (χ1) is 10.2. The number of aromatic nitrogens is 4. The van der Waals surface area contributed by atoms with Gasteiger partial charge in [-0.1, -0.05) is 10.3 Å². The van der Waals surface area contributed by atoms with Crippen LogP contribution < -0.4 is 5.73 Å². The molecule has 7 heteroatoms. The van der Waals surface area contributed by atoms with Gasteiger partial charge in [-0.2, -0.15) is 4.98 Å². The molecule has 3 heterocycles. The Labute approximate surface area is 120 Å². The second-order valence-corrected chi connectivity index (χ2v) is 5.25. The molecule has 21 heavy (non-hydrogen) atoms. The number of nitrogens with two attached hydrogens (primary N) is 1. The van der Waals surface area contributed by atoms with Crippen molar-refractivity contribution >= 4 is 0 Å². The van der Waals surface area contributed by atoms with E-state index >= 15 is 0 Å². The van der Waals surface area contributed by atoms with Crippen LogP contribution in [0.1, 0.15) is 25.1 Å². The molecule has 0 saturated heterocycles. The molecule has 0 unspecified atom stereocenters. The summed E-state index contributed by atoms with van der Waals surface area (Å²) in [5.74, 6) is 1.49. The Balaban J connectivity index is 1.64. The third-order valence-corrected chi connectivity index (χ3v) is 3.81. The van der Waals surface area contributed by atoms with Crippen molar-refractivity contribution in [3.8, 4) is 22.9 Å². The Morgan fingerprint density at radius 2 is 1.90 bits per heavy atom. The summed E-state index contributed by atoms with van der Waals surface area (Å²) in [4.78, 5) is 8.31. The summed E-state index contributed by atoms with van der Waals surface area (Å²) in [5, 5.41) is 7.94.